The Bertz CT molecular complexity index is 263. The molecule has 1 fully saturated rings. The zero-order valence-electron chi connectivity index (χ0n) is 12.6. The lowest BCUT2D eigenvalue weighted by Gasteiger charge is -2.39. The van der Waals surface area contributed by atoms with Crippen LogP contribution >= 0.6 is 0 Å². The molecule has 106 valence electrons. The fourth-order valence-corrected chi connectivity index (χ4v) is 2.91. The van der Waals surface area contributed by atoms with Crippen molar-refractivity contribution in [1.82, 2.24) is 4.90 Å². The van der Waals surface area contributed by atoms with E-state index in [0.717, 1.165) is 18.5 Å². The first kappa shape index (κ1) is 15.5. The highest BCUT2D eigenvalue weighted by Crippen LogP contribution is 2.25. The smallest absolute Gasteiger partial charge is 0.0963 e. The van der Waals surface area contributed by atoms with Crippen molar-refractivity contribution in [3.8, 4) is 0 Å². The highest BCUT2D eigenvalue weighted by Gasteiger charge is 2.25. The van der Waals surface area contributed by atoms with Crippen molar-refractivity contribution in [3.63, 3.8) is 0 Å². The minimum Gasteiger partial charge on any atom is -0.387 e. The highest BCUT2D eigenvalue weighted by atomic mass is 15.2. The van der Waals surface area contributed by atoms with Gasteiger partial charge in [-0.1, -0.05) is 26.7 Å². The van der Waals surface area contributed by atoms with Crippen LogP contribution in [0.15, 0.2) is 0 Å². The van der Waals surface area contributed by atoms with Gasteiger partial charge in [-0.2, -0.15) is 0 Å². The molecule has 0 bridgehead atoms. The summed E-state index contributed by atoms with van der Waals surface area (Å²) in [5, 5.41) is 7.56. The Morgan fingerprint density at radius 2 is 1.78 bits per heavy atom. The third kappa shape index (κ3) is 4.27. The first-order valence-electron chi connectivity index (χ1n) is 7.45. The summed E-state index contributed by atoms with van der Waals surface area (Å²) in [6.45, 7) is 10.1. The first-order valence-corrected chi connectivity index (χ1v) is 7.45. The van der Waals surface area contributed by atoms with Gasteiger partial charge in [-0.25, -0.2) is 0 Å². The molecule has 1 saturated heterocycles. The minimum absolute atomic E-state index is 0.126. The number of amidine groups is 1. The van der Waals surface area contributed by atoms with Crippen LogP contribution in [0.3, 0.4) is 0 Å². The molecule has 0 aromatic rings. The number of piperidine rings is 1. The van der Waals surface area contributed by atoms with Crippen LogP contribution in [-0.2, 0) is 0 Å². The Morgan fingerprint density at radius 3 is 2.28 bits per heavy atom. The van der Waals surface area contributed by atoms with Crippen LogP contribution in [0.25, 0.3) is 0 Å². The van der Waals surface area contributed by atoms with Gasteiger partial charge in [0.05, 0.1) is 5.84 Å². The van der Waals surface area contributed by atoms with Crippen molar-refractivity contribution < 1.29 is 0 Å². The summed E-state index contributed by atoms with van der Waals surface area (Å²) in [6.07, 6.45) is 7.51. The first-order chi connectivity index (χ1) is 8.34. The van der Waals surface area contributed by atoms with E-state index in [1.54, 1.807) is 0 Å². The van der Waals surface area contributed by atoms with Gasteiger partial charge in [-0.3, -0.25) is 10.3 Å². The lowest BCUT2D eigenvalue weighted by Crippen LogP contribution is -2.44. The van der Waals surface area contributed by atoms with Crippen LogP contribution < -0.4 is 5.73 Å². The average molecular weight is 253 g/mol. The van der Waals surface area contributed by atoms with Crippen molar-refractivity contribution >= 4 is 5.84 Å². The Hall–Kier alpha value is -0.570. The predicted molar refractivity (Wildman–Crippen MR) is 79.0 cm³/mol. The topological polar surface area (TPSA) is 53.1 Å². The Kier molecular flexibility index (Phi) is 5.64. The molecule has 1 rings (SSSR count). The van der Waals surface area contributed by atoms with Gasteiger partial charge < -0.3 is 5.73 Å². The number of hydrogen-bond acceptors (Lipinski definition) is 2. The summed E-state index contributed by atoms with van der Waals surface area (Å²) < 4.78 is 0. The number of nitrogens with one attached hydrogen (secondary N) is 1. The van der Waals surface area contributed by atoms with Gasteiger partial charge >= 0.3 is 0 Å². The van der Waals surface area contributed by atoms with Gasteiger partial charge in [0, 0.05) is 17.5 Å². The van der Waals surface area contributed by atoms with Crippen LogP contribution in [0.4, 0.5) is 0 Å². The second kappa shape index (κ2) is 6.55. The zero-order chi connectivity index (χ0) is 13.8. The number of unbranched alkanes of at least 4 members (excludes halogenated alkanes) is 1. The molecule has 0 aromatic heterocycles. The summed E-state index contributed by atoms with van der Waals surface area (Å²) in [5.41, 5.74) is 5.49. The molecule has 18 heavy (non-hydrogen) atoms. The lowest BCUT2D eigenvalue weighted by atomic mass is 9.86. The van der Waals surface area contributed by atoms with Crippen LogP contribution in [0.5, 0.6) is 0 Å². The maximum atomic E-state index is 7.56. The zero-order valence-corrected chi connectivity index (χ0v) is 12.6. The van der Waals surface area contributed by atoms with E-state index in [1.165, 1.54) is 38.6 Å². The fourth-order valence-electron chi connectivity index (χ4n) is 2.91. The molecule has 0 saturated carbocycles. The SMILES string of the molecule is C[C@@H]1CCC[C@H](C)N1CCCCC(C)(C)C(=N)N. The number of nitrogens with two attached hydrogens (primary N) is 1. The van der Waals surface area contributed by atoms with Crippen molar-refractivity contribution in [2.75, 3.05) is 6.54 Å². The van der Waals surface area contributed by atoms with Gasteiger partial charge in [0.15, 0.2) is 0 Å². The normalized spacial score (nSPS) is 26.2. The van der Waals surface area contributed by atoms with Gasteiger partial charge in [0.25, 0.3) is 0 Å². The van der Waals surface area contributed by atoms with Gasteiger partial charge in [0.1, 0.15) is 0 Å². The van der Waals surface area contributed by atoms with Crippen LogP contribution in [0.2, 0.25) is 0 Å². The van der Waals surface area contributed by atoms with Gasteiger partial charge in [-0.15, -0.1) is 0 Å². The predicted octanol–water partition coefficient (Wildman–Crippen LogP) is 3.38. The molecule has 0 amide bonds. The van der Waals surface area contributed by atoms with Crippen LogP contribution in [0, 0.1) is 10.8 Å². The Morgan fingerprint density at radius 1 is 1.22 bits per heavy atom. The standard InChI is InChI=1S/C15H31N3/c1-12-8-7-9-13(2)18(12)11-6-5-10-15(3,4)14(16)17/h12-13H,5-11H2,1-4H3,(H3,16,17)/t12-,13+. The monoisotopic (exact) mass is 253 g/mol. The van der Waals surface area contributed by atoms with E-state index in [-0.39, 0.29) is 5.41 Å². The molecule has 0 aromatic carbocycles. The Balaban J connectivity index is 2.27. The molecule has 0 radical (unpaired) electrons. The third-order valence-corrected chi connectivity index (χ3v) is 4.57. The second-order valence-electron chi connectivity index (χ2n) is 6.62. The lowest BCUT2D eigenvalue weighted by molar-refractivity contribution is 0.101. The molecule has 0 spiro atoms. The quantitative estimate of drug-likeness (QED) is 0.433. The second-order valence-corrected chi connectivity index (χ2v) is 6.62. The average Bonchev–Trinajstić information content (AvgIpc) is 2.27. The molecular weight excluding hydrogens is 222 g/mol. The summed E-state index contributed by atoms with van der Waals surface area (Å²) in [7, 11) is 0. The number of nitrogens with zero attached hydrogens (tertiary/aromatic N) is 1. The summed E-state index contributed by atoms with van der Waals surface area (Å²) in [5.74, 6) is 0.321. The molecule has 1 aliphatic heterocycles. The third-order valence-electron chi connectivity index (χ3n) is 4.57. The fraction of sp³-hybridized carbons (Fsp3) is 0.933. The van der Waals surface area contributed by atoms with E-state index in [1.807, 2.05) is 0 Å². The van der Waals surface area contributed by atoms with Gasteiger partial charge in [0.2, 0.25) is 0 Å². The number of rotatable bonds is 6. The molecule has 0 unspecified atom stereocenters. The Labute approximate surface area is 113 Å². The van der Waals surface area contributed by atoms with Crippen molar-refractivity contribution in [3.05, 3.63) is 0 Å². The molecule has 3 heteroatoms. The largest absolute Gasteiger partial charge is 0.387 e. The van der Waals surface area contributed by atoms with Gasteiger partial charge in [-0.05, 0) is 46.1 Å². The molecular formula is C15H31N3. The maximum Gasteiger partial charge on any atom is 0.0963 e. The van der Waals surface area contributed by atoms with Crippen LogP contribution in [-0.4, -0.2) is 29.4 Å². The molecule has 2 atom stereocenters. The summed E-state index contributed by atoms with van der Waals surface area (Å²) in [6, 6.07) is 1.49. The van der Waals surface area contributed by atoms with E-state index in [9.17, 15) is 0 Å². The molecule has 1 heterocycles. The summed E-state index contributed by atoms with van der Waals surface area (Å²) >= 11 is 0. The van der Waals surface area contributed by atoms with Crippen molar-refractivity contribution in [2.24, 2.45) is 11.1 Å². The molecule has 1 aliphatic rings. The summed E-state index contributed by atoms with van der Waals surface area (Å²) in [4.78, 5) is 2.66. The number of hydrogen-bond donors (Lipinski definition) is 2. The molecule has 3 N–H and O–H groups in total. The minimum atomic E-state index is -0.126. The number of likely N-dealkylation sites (tertiary alicyclic amines) is 1. The van der Waals surface area contributed by atoms with E-state index in [0.29, 0.717) is 5.84 Å². The van der Waals surface area contributed by atoms with Crippen LogP contribution in [0.1, 0.15) is 66.2 Å². The molecule has 0 aliphatic carbocycles. The van der Waals surface area contributed by atoms with E-state index >= 15 is 0 Å². The van der Waals surface area contributed by atoms with E-state index < -0.39 is 0 Å². The van der Waals surface area contributed by atoms with Crippen molar-refractivity contribution in [1.29, 1.82) is 5.41 Å². The molecule has 3 nitrogen and oxygen atoms in total. The maximum absolute atomic E-state index is 7.56. The highest BCUT2D eigenvalue weighted by molar-refractivity contribution is 5.82. The van der Waals surface area contributed by atoms with E-state index in [4.69, 9.17) is 11.1 Å². The van der Waals surface area contributed by atoms with E-state index in [2.05, 4.69) is 32.6 Å². The van der Waals surface area contributed by atoms with Crippen molar-refractivity contribution in [2.45, 2.75) is 78.3 Å².